The van der Waals surface area contributed by atoms with Gasteiger partial charge < -0.3 is 24.8 Å². The third-order valence-electron chi connectivity index (χ3n) is 5.68. The molecule has 3 aromatic rings. The molecule has 2 aromatic carbocycles. The van der Waals surface area contributed by atoms with E-state index in [0.29, 0.717) is 78.6 Å². The summed E-state index contributed by atoms with van der Waals surface area (Å²) in [5.74, 6) is 1.75. The van der Waals surface area contributed by atoms with E-state index >= 15 is 0 Å². The lowest BCUT2D eigenvalue weighted by molar-refractivity contribution is -0.143. The molecule has 0 amide bonds. The summed E-state index contributed by atoms with van der Waals surface area (Å²) >= 11 is 0. The van der Waals surface area contributed by atoms with Crippen LogP contribution in [-0.4, -0.2) is 42.4 Å². The predicted molar refractivity (Wildman–Crippen MR) is 128 cm³/mol. The summed E-state index contributed by atoms with van der Waals surface area (Å²) in [6.45, 7) is 5.67. The molecular weight excluding hydrogens is 434 g/mol. The highest BCUT2D eigenvalue weighted by Crippen LogP contribution is 2.34. The average molecular weight is 462 g/mol. The van der Waals surface area contributed by atoms with Crippen molar-refractivity contribution in [1.82, 2.24) is 9.97 Å². The zero-order chi connectivity index (χ0) is 24.1. The second-order valence-electron chi connectivity index (χ2n) is 7.86. The lowest BCUT2D eigenvalue weighted by atomic mass is 10.0. The molecule has 34 heavy (non-hydrogen) atoms. The molecule has 4 rings (SSSR count). The lowest BCUT2D eigenvalue weighted by Crippen LogP contribution is -2.27. The minimum Gasteiger partial charge on any atom is -0.466 e. The van der Waals surface area contributed by atoms with Gasteiger partial charge in [-0.25, -0.2) is 9.97 Å². The molecule has 1 aliphatic rings. The molecule has 1 aliphatic heterocycles. The van der Waals surface area contributed by atoms with E-state index in [9.17, 15) is 10.1 Å². The zero-order valence-electron chi connectivity index (χ0n) is 19.3. The fourth-order valence-corrected chi connectivity index (χ4v) is 3.97. The Morgan fingerprint density at radius 2 is 2.03 bits per heavy atom. The Bertz CT molecular complexity index is 1250. The van der Waals surface area contributed by atoms with Crippen molar-refractivity contribution in [3.8, 4) is 17.6 Å². The van der Waals surface area contributed by atoms with Gasteiger partial charge in [-0.3, -0.25) is 4.79 Å². The van der Waals surface area contributed by atoms with E-state index < -0.39 is 0 Å². The van der Waals surface area contributed by atoms with Crippen molar-refractivity contribution in [3.63, 3.8) is 0 Å². The zero-order valence-corrected chi connectivity index (χ0v) is 19.3. The van der Waals surface area contributed by atoms with Crippen LogP contribution in [0.15, 0.2) is 30.3 Å². The second kappa shape index (κ2) is 10.3. The van der Waals surface area contributed by atoms with Crippen molar-refractivity contribution < 1.29 is 19.0 Å². The van der Waals surface area contributed by atoms with Crippen molar-refractivity contribution in [1.29, 1.82) is 5.26 Å². The monoisotopic (exact) mass is 461 g/mol. The van der Waals surface area contributed by atoms with Gasteiger partial charge in [0.1, 0.15) is 6.07 Å². The number of fused-ring (bicyclic) bond motifs is 2. The molecule has 0 fully saturated rings. The van der Waals surface area contributed by atoms with Crippen LogP contribution in [0.2, 0.25) is 0 Å². The van der Waals surface area contributed by atoms with Gasteiger partial charge in [0.05, 0.1) is 29.1 Å². The third-order valence-corrected chi connectivity index (χ3v) is 5.68. The summed E-state index contributed by atoms with van der Waals surface area (Å²) < 4.78 is 16.0. The molecule has 2 N–H and O–H groups in total. The fraction of sp³-hybridized carbons (Fsp3) is 0.360. The van der Waals surface area contributed by atoms with Gasteiger partial charge in [0.25, 0.3) is 0 Å². The molecule has 0 saturated heterocycles. The molecule has 9 nitrogen and oxygen atoms in total. The molecule has 0 aliphatic carbocycles. The Labute approximate surface area is 198 Å². The van der Waals surface area contributed by atoms with Crippen LogP contribution in [-0.2, 0) is 16.0 Å². The van der Waals surface area contributed by atoms with Gasteiger partial charge in [-0.1, -0.05) is 6.07 Å². The van der Waals surface area contributed by atoms with Crippen molar-refractivity contribution in [3.05, 3.63) is 47.2 Å². The number of ether oxygens (including phenoxy) is 3. The molecule has 2 heterocycles. The van der Waals surface area contributed by atoms with Crippen molar-refractivity contribution in [2.75, 3.05) is 37.1 Å². The Morgan fingerprint density at radius 3 is 2.79 bits per heavy atom. The van der Waals surface area contributed by atoms with Gasteiger partial charge >= 0.3 is 5.97 Å². The van der Waals surface area contributed by atoms with E-state index in [1.807, 2.05) is 30.0 Å². The number of rotatable bonds is 9. The standard InChI is InChI=1S/C25H27N5O4/c1-3-30(11-5-6-22(31)32-4-2)25-28-18-9-8-17(14-26)24(27)23(18)19(29-25)12-16-7-10-20-21(13-16)34-15-33-20/h7-10,13H,3-6,11-12,15,27H2,1-2H3. The number of hydrogen-bond donors (Lipinski definition) is 1. The first-order valence-corrected chi connectivity index (χ1v) is 11.3. The van der Waals surface area contributed by atoms with E-state index in [1.54, 1.807) is 19.1 Å². The Kier molecular flexibility index (Phi) is 6.97. The fourth-order valence-electron chi connectivity index (χ4n) is 3.97. The highest BCUT2D eigenvalue weighted by Gasteiger charge is 2.19. The quantitative estimate of drug-likeness (QED) is 0.376. The van der Waals surface area contributed by atoms with Gasteiger partial charge in [-0.15, -0.1) is 0 Å². The highest BCUT2D eigenvalue weighted by atomic mass is 16.7. The smallest absolute Gasteiger partial charge is 0.305 e. The van der Waals surface area contributed by atoms with Crippen LogP contribution in [0.4, 0.5) is 11.6 Å². The Hall–Kier alpha value is -4.06. The highest BCUT2D eigenvalue weighted by molar-refractivity contribution is 5.95. The van der Waals surface area contributed by atoms with Gasteiger partial charge in [-0.2, -0.15) is 5.26 Å². The van der Waals surface area contributed by atoms with Gasteiger partial charge in [0.15, 0.2) is 11.5 Å². The molecule has 9 heteroatoms. The maximum Gasteiger partial charge on any atom is 0.305 e. The first kappa shape index (κ1) is 23.1. The number of benzene rings is 2. The minimum atomic E-state index is -0.210. The molecule has 0 atom stereocenters. The first-order valence-electron chi connectivity index (χ1n) is 11.3. The van der Waals surface area contributed by atoms with Crippen molar-refractivity contribution in [2.45, 2.75) is 33.1 Å². The summed E-state index contributed by atoms with van der Waals surface area (Å²) in [5.41, 5.74) is 9.48. The van der Waals surface area contributed by atoms with Crippen LogP contribution in [0.1, 0.15) is 43.5 Å². The summed E-state index contributed by atoms with van der Waals surface area (Å²) in [7, 11) is 0. The van der Waals surface area contributed by atoms with Crippen LogP contribution in [0.5, 0.6) is 11.5 Å². The average Bonchev–Trinajstić information content (AvgIpc) is 3.30. The van der Waals surface area contributed by atoms with Crippen molar-refractivity contribution >= 4 is 28.5 Å². The number of anilines is 2. The molecule has 1 aromatic heterocycles. The van der Waals surface area contributed by atoms with Gasteiger partial charge in [0, 0.05) is 31.3 Å². The molecule has 0 bridgehead atoms. The van der Waals surface area contributed by atoms with Gasteiger partial charge in [0.2, 0.25) is 12.7 Å². The van der Waals surface area contributed by atoms with E-state index in [1.165, 1.54) is 0 Å². The Balaban J connectivity index is 1.69. The third kappa shape index (κ3) is 4.81. The van der Waals surface area contributed by atoms with E-state index in [0.717, 1.165) is 11.3 Å². The summed E-state index contributed by atoms with van der Waals surface area (Å²) in [5, 5.41) is 10.1. The van der Waals surface area contributed by atoms with Crippen LogP contribution < -0.4 is 20.1 Å². The Morgan fingerprint density at radius 1 is 1.21 bits per heavy atom. The summed E-state index contributed by atoms with van der Waals surface area (Å²) in [6.07, 6.45) is 1.43. The predicted octanol–water partition coefficient (Wildman–Crippen LogP) is 3.57. The molecule has 176 valence electrons. The summed E-state index contributed by atoms with van der Waals surface area (Å²) in [6, 6.07) is 11.4. The maximum atomic E-state index is 11.7. The van der Waals surface area contributed by atoms with Crippen LogP contribution >= 0.6 is 0 Å². The van der Waals surface area contributed by atoms with E-state index in [2.05, 4.69) is 6.07 Å². The minimum absolute atomic E-state index is 0.203. The number of nitriles is 1. The molecule has 0 unspecified atom stereocenters. The largest absolute Gasteiger partial charge is 0.466 e. The number of hydrogen-bond acceptors (Lipinski definition) is 9. The normalized spacial score (nSPS) is 11.9. The number of carbonyl (C=O) groups is 1. The number of nitrogen functional groups attached to an aromatic ring is 1. The number of aromatic nitrogens is 2. The summed E-state index contributed by atoms with van der Waals surface area (Å²) in [4.78, 5) is 23.4. The van der Waals surface area contributed by atoms with Gasteiger partial charge in [-0.05, 0) is 50.1 Å². The number of carbonyl (C=O) groups excluding carboxylic acids is 1. The SMILES string of the molecule is CCOC(=O)CCCN(CC)c1nc(Cc2ccc3c(c2)OCO3)c2c(N)c(C#N)ccc2n1. The van der Waals surface area contributed by atoms with E-state index in [4.69, 9.17) is 29.9 Å². The number of nitrogens with zero attached hydrogens (tertiary/aromatic N) is 4. The van der Waals surface area contributed by atoms with Crippen molar-refractivity contribution in [2.24, 2.45) is 0 Å². The lowest BCUT2D eigenvalue weighted by Gasteiger charge is -2.22. The van der Waals surface area contributed by atoms with E-state index in [-0.39, 0.29) is 12.8 Å². The first-order chi connectivity index (χ1) is 16.5. The molecule has 0 radical (unpaired) electrons. The molecular formula is C25H27N5O4. The number of esters is 1. The van der Waals surface area contributed by atoms with Crippen LogP contribution in [0.25, 0.3) is 10.9 Å². The topological polar surface area (TPSA) is 124 Å². The maximum absolute atomic E-state index is 11.7. The molecule has 0 saturated carbocycles. The second-order valence-corrected chi connectivity index (χ2v) is 7.86. The number of nitrogens with two attached hydrogens (primary N) is 1. The molecule has 0 spiro atoms. The van der Waals surface area contributed by atoms with Crippen LogP contribution in [0, 0.1) is 11.3 Å². The van der Waals surface area contributed by atoms with Crippen LogP contribution in [0.3, 0.4) is 0 Å².